The summed E-state index contributed by atoms with van der Waals surface area (Å²) in [5, 5.41) is 3.16. The number of thiazole rings is 1. The van der Waals surface area contributed by atoms with Gasteiger partial charge in [-0.2, -0.15) is 0 Å². The molecule has 17 heavy (non-hydrogen) atoms. The highest BCUT2D eigenvalue weighted by Gasteiger charge is 2.16. The van der Waals surface area contributed by atoms with Crippen molar-refractivity contribution in [2.24, 2.45) is 5.84 Å². The zero-order valence-electron chi connectivity index (χ0n) is 9.04. The molecule has 1 atom stereocenters. The zero-order valence-corrected chi connectivity index (χ0v) is 13.8. The molecule has 92 valence electrons. The van der Waals surface area contributed by atoms with Crippen LogP contribution in [-0.2, 0) is 6.42 Å². The first-order valence-electron chi connectivity index (χ1n) is 4.92. The van der Waals surface area contributed by atoms with Crippen LogP contribution in [0.2, 0.25) is 0 Å². The number of rotatable bonds is 4. The maximum Gasteiger partial charge on any atom is 0.0947 e. The zero-order chi connectivity index (χ0) is 12.4. The Balaban J connectivity index is 2.16. The van der Waals surface area contributed by atoms with Gasteiger partial charge in [-0.05, 0) is 44.8 Å². The molecule has 2 heterocycles. The summed E-state index contributed by atoms with van der Waals surface area (Å²) < 4.78 is 2.15. The van der Waals surface area contributed by atoms with Crippen molar-refractivity contribution in [2.45, 2.75) is 19.4 Å². The maximum atomic E-state index is 5.62. The normalized spacial score (nSPS) is 12.9. The summed E-state index contributed by atoms with van der Waals surface area (Å²) in [6.07, 6.45) is 0.814. The summed E-state index contributed by atoms with van der Waals surface area (Å²) in [6.45, 7) is 2.00. The predicted molar refractivity (Wildman–Crippen MR) is 80.3 cm³/mol. The number of thiophene rings is 1. The molecule has 0 aliphatic rings. The number of aromatic nitrogens is 1. The lowest BCUT2D eigenvalue weighted by Crippen LogP contribution is -2.28. The van der Waals surface area contributed by atoms with E-state index in [0.29, 0.717) is 0 Å². The third kappa shape index (κ3) is 3.36. The van der Waals surface area contributed by atoms with Gasteiger partial charge in [0.15, 0.2) is 0 Å². The first kappa shape index (κ1) is 13.6. The van der Waals surface area contributed by atoms with Crippen molar-refractivity contribution >= 4 is 54.5 Å². The van der Waals surface area contributed by atoms with E-state index in [2.05, 4.69) is 53.7 Å². The van der Waals surface area contributed by atoms with E-state index in [1.54, 1.807) is 22.7 Å². The van der Waals surface area contributed by atoms with Gasteiger partial charge in [0.2, 0.25) is 0 Å². The van der Waals surface area contributed by atoms with Gasteiger partial charge in [0.25, 0.3) is 0 Å². The van der Waals surface area contributed by atoms with E-state index in [1.165, 1.54) is 4.88 Å². The standard InChI is InChI=1S/C10H11Br2N3S2/c1-5-4-16-9(14-5)3-7(15-13)8-2-6(11)10(12)17-8/h2,4,7,15H,3,13H2,1H3. The maximum absolute atomic E-state index is 5.62. The van der Waals surface area contributed by atoms with Crippen molar-refractivity contribution in [2.75, 3.05) is 0 Å². The van der Waals surface area contributed by atoms with E-state index in [4.69, 9.17) is 5.84 Å². The van der Waals surface area contributed by atoms with Crippen LogP contribution < -0.4 is 11.3 Å². The highest BCUT2D eigenvalue weighted by molar-refractivity contribution is 9.13. The Morgan fingerprint density at radius 3 is 2.76 bits per heavy atom. The Labute approximate surface area is 125 Å². The molecule has 0 aromatic carbocycles. The minimum atomic E-state index is 0.105. The van der Waals surface area contributed by atoms with Gasteiger partial charge in [-0.3, -0.25) is 11.3 Å². The number of hydrazine groups is 1. The second kappa shape index (κ2) is 5.90. The van der Waals surface area contributed by atoms with Gasteiger partial charge in [0, 0.05) is 26.8 Å². The highest BCUT2D eigenvalue weighted by atomic mass is 79.9. The molecule has 2 aromatic rings. The molecule has 7 heteroatoms. The fourth-order valence-electron chi connectivity index (χ4n) is 1.45. The summed E-state index contributed by atoms with van der Waals surface area (Å²) in [7, 11) is 0. The fraction of sp³-hybridized carbons (Fsp3) is 0.300. The number of nitrogens with two attached hydrogens (primary N) is 1. The molecule has 0 fully saturated rings. The van der Waals surface area contributed by atoms with E-state index in [-0.39, 0.29) is 6.04 Å². The van der Waals surface area contributed by atoms with Crippen molar-refractivity contribution in [1.29, 1.82) is 0 Å². The molecule has 0 bridgehead atoms. The Morgan fingerprint density at radius 1 is 1.53 bits per heavy atom. The van der Waals surface area contributed by atoms with Gasteiger partial charge >= 0.3 is 0 Å². The van der Waals surface area contributed by atoms with E-state index >= 15 is 0 Å². The molecular weight excluding hydrogens is 386 g/mol. The molecule has 0 saturated heterocycles. The number of halogens is 2. The van der Waals surface area contributed by atoms with Crippen LogP contribution in [0.1, 0.15) is 21.6 Å². The lowest BCUT2D eigenvalue weighted by Gasteiger charge is -2.11. The van der Waals surface area contributed by atoms with Crippen LogP contribution in [-0.4, -0.2) is 4.98 Å². The van der Waals surface area contributed by atoms with Gasteiger partial charge in [-0.15, -0.1) is 22.7 Å². The lowest BCUT2D eigenvalue weighted by atomic mass is 10.2. The van der Waals surface area contributed by atoms with E-state index in [9.17, 15) is 0 Å². The molecule has 0 saturated carbocycles. The van der Waals surface area contributed by atoms with Crippen molar-refractivity contribution in [3.05, 3.63) is 35.3 Å². The summed E-state index contributed by atoms with van der Waals surface area (Å²) in [4.78, 5) is 5.65. The summed E-state index contributed by atoms with van der Waals surface area (Å²) in [5.74, 6) is 5.62. The molecular formula is C10H11Br2N3S2. The molecule has 0 radical (unpaired) electrons. The summed E-state index contributed by atoms with van der Waals surface area (Å²) >= 11 is 10.3. The average molecular weight is 397 g/mol. The van der Waals surface area contributed by atoms with Crippen LogP contribution in [0.15, 0.2) is 19.7 Å². The Morgan fingerprint density at radius 2 is 2.29 bits per heavy atom. The first-order chi connectivity index (χ1) is 8.10. The van der Waals surface area contributed by atoms with E-state index < -0.39 is 0 Å². The predicted octanol–water partition coefficient (Wildman–Crippen LogP) is 3.79. The number of hydrogen-bond donors (Lipinski definition) is 2. The van der Waals surface area contributed by atoms with Crippen LogP contribution >= 0.6 is 54.5 Å². The van der Waals surface area contributed by atoms with E-state index in [1.807, 2.05) is 6.92 Å². The van der Waals surface area contributed by atoms with Crippen LogP contribution in [0.25, 0.3) is 0 Å². The van der Waals surface area contributed by atoms with Gasteiger partial charge in [-0.1, -0.05) is 0 Å². The third-order valence-corrected chi connectivity index (χ3v) is 6.61. The fourth-order valence-corrected chi connectivity index (χ4v) is 4.42. The number of nitrogens with one attached hydrogen (secondary N) is 1. The molecule has 0 aliphatic heterocycles. The van der Waals surface area contributed by atoms with Gasteiger partial charge < -0.3 is 0 Å². The average Bonchev–Trinajstić information content (AvgIpc) is 2.83. The Hall–Kier alpha value is 0.210. The van der Waals surface area contributed by atoms with Crippen LogP contribution in [0.3, 0.4) is 0 Å². The molecule has 1 unspecified atom stereocenters. The van der Waals surface area contributed by atoms with Crippen LogP contribution in [0.4, 0.5) is 0 Å². The quantitative estimate of drug-likeness (QED) is 0.610. The van der Waals surface area contributed by atoms with Gasteiger partial charge in [0.1, 0.15) is 0 Å². The summed E-state index contributed by atoms with van der Waals surface area (Å²) in [5.41, 5.74) is 3.92. The number of nitrogens with zero attached hydrogens (tertiary/aromatic N) is 1. The Bertz CT molecular complexity index is 490. The topological polar surface area (TPSA) is 50.9 Å². The molecule has 0 amide bonds. The Kier molecular flexibility index (Phi) is 4.73. The largest absolute Gasteiger partial charge is 0.271 e. The van der Waals surface area contributed by atoms with Crippen molar-refractivity contribution in [1.82, 2.24) is 10.4 Å². The van der Waals surface area contributed by atoms with Crippen LogP contribution in [0.5, 0.6) is 0 Å². The molecule has 0 aliphatic carbocycles. The SMILES string of the molecule is Cc1csc(CC(NN)c2cc(Br)c(Br)s2)n1. The first-order valence-corrected chi connectivity index (χ1v) is 8.20. The minimum Gasteiger partial charge on any atom is -0.271 e. The molecule has 2 rings (SSSR count). The number of aryl methyl sites for hydroxylation is 1. The second-order valence-corrected chi connectivity index (χ2v) is 7.78. The van der Waals surface area contributed by atoms with Crippen LogP contribution in [0, 0.1) is 6.92 Å². The van der Waals surface area contributed by atoms with Crippen molar-refractivity contribution in [3.8, 4) is 0 Å². The highest BCUT2D eigenvalue weighted by Crippen LogP contribution is 2.36. The monoisotopic (exact) mass is 395 g/mol. The molecule has 3 nitrogen and oxygen atoms in total. The van der Waals surface area contributed by atoms with Crippen molar-refractivity contribution < 1.29 is 0 Å². The second-order valence-electron chi connectivity index (χ2n) is 3.58. The smallest absolute Gasteiger partial charge is 0.0947 e. The van der Waals surface area contributed by atoms with Crippen molar-refractivity contribution in [3.63, 3.8) is 0 Å². The van der Waals surface area contributed by atoms with Gasteiger partial charge in [0.05, 0.1) is 14.8 Å². The molecule has 0 spiro atoms. The van der Waals surface area contributed by atoms with E-state index in [0.717, 1.165) is 25.4 Å². The lowest BCUT2D eigenvalue weighted by molar-refractivity contribution is 0.559. The minimum absolute atomic E-state index is 0.105. The third-order valence-electron chi connectivity index (χ3n) is 2.25. The molecule has 3 N–H and O–H groups in total. The molecule has 2 aromatic heterocycles. The summed E-state index contributed by atoms with van der Waals surface area (Å²) in [6, 6.07) is 2.19. The van der Waals surface area contributed by atoms with Gasteiger partial charge in [-0.25, -0.2) is 4.98 Å². The number of hydrogen-bond acceptors (Lipinski definition) is 5.